The van der Waals surface area contributed by atoms with Crippen LogP contribution in [0.15, 0.2) is 42.6 Å². The Labute approximate surface area is 168 Å². The zero-order valence-electron chi connectivity index (χ0n) is 17.1. The molecule has 0 saturated carbocycles. The molecular weight excluding hydrogens is 346 g/mol. The van der Waals surface area contributed by atoms with Gasteiger partial charge >= 0.3 is 0 Å². The summed E-state index contributed by atoms with van der Waals surface area (Å²) in [5, 5.41) is 0. The lowest BCUT2D eigenvalue weighted by Gasteiger charge is -2.36. The van der Waals surface area contributed by atoms with Crippen LogP contribution in [0.2, 0.25) is 0 Å². The van der Waals surface area contributed by atoms with Gasteiger partial charge in [-0.1, -0.05) is 24.3 Å². The van der Waals surface area contributed by atoms with Gasteiger partial charge in [0.25, 0.3) is 5.91 Å². The lowest BCUT2D eigenvalue weighted by molar-refractivity contribution is 0.0569. The van der Waals surface area contributed by atoms with Crippen LogP contribution in [0, 0.1) is 5.92 Å². The van der Waals surface area contributed by atoms with Crippen LogP contribution in [0.1, 0.15) is 54.3 Å². The van der Waals surface area contributed by atoms with Crippen molar-refractivity contribution in [3.8, 4) is 0 Å². The number of piperidine rings is 1. The van der Waals surface area contributed by atoms with E-state index in [-0.39, 0.29) is 5.91 Å². The van der Waals surface area contributed by atoms with Crippen LogP contribution in [0.3, 0.4) is 0 Å². The number of aromatic nitrogens is 1. The molecule has 1 aliphatic carbocycles. The fourth-order valence-corrected chi connectivity index (χ4v) is 5.63. The molecule has 0 radical (unpaired) electrons. The molecule has 4 heterocycles. The monoisotopic (exact) mass is 377 g/mol. The molecule has 6 rings (SSSR count). The summed E-state index contributed by atoms with van der Waals surface area (Å²) >= 11 is 0. The van der Waals surface area contributed by atoms with Crippen molar-refractivity contribution in [1.29, 1.82) is 0 Å². The van der Waals surface area contributed by atoms with Crippen molar-refractivity contribution in [3.05, 3.63) is 59.4 Å². The summed E-state index contributed by atoms with van der Waals surface area (Å²) in [5.74, 6) is 0.832. The van der Waals surface area contributed by atoms with Crippen molar-refractivity contribution in [2.75, 3.05) is 19.6 Å². The fourth-order valence-electron chi connectivity index (χ4n) is 5.63. The molecule has 4 heteroatoms. The molecule has 0 N–H and O–H groups in total. The van der Waals surface area contributed by atoms with E-state index in [1.165, 1.54) is 30.4 Å². The van der Waals surface area contributed by atoms with E-state index in [0.29, 0.717) is 24.0 Å². The first-order chi connectivity index (χ1) is 13.6. The van der Waals surface area contributed by atoms with Gasteiger partial charge in [0.1, 0.15) is 5.69 Å². The minimum absolute atomic E-state index is 0.227. The first-order valence-electron chi connectivity index (χ1n) is 10.9. The van der Waals surface area contributed by atoms with E-state index in [0.717, 1.165) is 31.7 Å². The number of benzene rings is 1. The summed E-state index contributed by atoms with van der Waals surface area (Å²) in [7, 11) is 0. The van der Waals surface area contributed by atoms with Crippen molar-refractivity contribution in [3.63, 3.8) is 0 Å². The summed E-state index contributed by atoms with van der Waals surface area (Å²) in [6.07, 6.45) is 6.78. The second-order valence-corrected chi connectivity index (χ2v) is 9.23. The van der Waals surface area contributed by atoms with E-state index in [4.69, 9.17) is 0 Å². The number of amides is 1. The average molecular weight is 378 g/mol. The Kier molecular flexibility index (Phi) is 4.54. The minimum atomic E-state index is 0.227. The summed E-state index contributed by atoms with van der Waals surface area (Å²) in [4.78, 5) is 18.3. The molecule has 0 spiro atoms. The topological polar surface area (TPSA) is 28.5 Å². The quantitative estimate of drug-likeness (QED) is 0.815. The Balaban J connectivity index is 1.35. The third kappa shape index (κ3) is 3.08. The normalized spacial score (nSPS) is 25.3. The Morgan fingerprint density at radius 2 is 1.68 bits per heavy atom. The third-order valence-corrected chi connectivity index (χ3v) is 7.10. The third-order valence-electron chi connectivity index (χ3n) is 7.10. The minimum Gasteiger partial charge on any atom is -0.341 e. The molecule has 3 saturated heterocycles. The number of hydrogen-bond donors (Lipinski definition) is 0. The number of fused-ring (bicyclic) bond motifs is 5. The van der Waals surface area contributed by atoms with Gasteiger partial charge in [-0.05, 0) is 68.7 Å². The summed E-state index contributed by atoms with van der Waals surface area (Å²) in [5.41, 5.74) is 3.89. The molecule has 148 valence electrons. The Morgan fingerprint density at radius 3 is 2.39 bits per heavy atom. The Bertz CT molecular complexity index is 845. The molecule has 1 amide bonds. The van der Waals surface area contributed by atoms with Crippen LogP contribution in [-0.4, -0.2) is 52.0 Å². The SMILES string of the molecule is CC(C)n1cccc1C(=O)N1C[C@H]2CC[C@@H]1CN(C1Cc3ccccc3C1)C2. The number of rotatable bonds is 3. The van der Waals surface area contributed by atoms with Crippen molar-refractivity contribution in [2.24, 2.45) is 5.92 Å². The summed E-state index contributed by atoms with van der Waals surface area (Å²) in [6, 6.07) is 14.2. The van der Waals surface area contributed by atoms with E-state index in [1.807, 2.05) is 18.3 Å². The predicted molar refractivity (Wildman–Crippen MR) is 112 cm³/mol. The highest BCUT2D eigenvalue weighted by molar-refractivity contribution is 5.93. The molecule has 1 aromatic carbocycles. The molecule has 0 unspecified atom stereocenters. The molecule has 28 heavy (non-hydrogen) atoms. The van der Waals surface area contributed by atoms with Gasteiger partial charge in [0.15, 0.2) is 0 Å². The molecule has 2 aromatic rings. The van der Waals surface area contributed by atoms with Gasteiger partial charge in [0.05, 0.1) is 0 Å². The second-order valence-electron chi connectivity index (χ2n) is 9.23. The van der Waals surface area contributed by atoms with Crippen LogP contribution in [0.4, 0.5) is 0 Å². The van der Waals surface area contributed by atoms with E-state index >= 15 is 0 Å². The van der Waals surface area contributed by atoms with Gasteiger partial charge in [-0.25, -0.2) is 0 Å². The number of hydrogen-bond acceptors (Lipinski definition) is 2. The van der Waals surface area contributed by atoms with Crippen LogP contribution >= 0.6 is 0 Å². The van der Waals surface area contributed by atoms with Crippen molar-refractivity contribution >= 4 is 5.91 Å². The maximum atomic E-state index is 13.4. The summed E-state index contributed by atoms with van der Waals surface area (Å²) < 4.78 is 2.12. The molecule has 3 aliphatic heterocycles. The number of nitrogens with zero attached hydrogens (tertiary/aromatic N) is 3. The van der Waals surface area contributed by atoms with Gasteiger partial charge < -0.3 is 9.47 Å². The van der Waals surface area contributed by atoms with E-state index in [2.05, 4.69) is 52.5 Å². The highest BCUT2D eigenvalue weighted by Gasteiger charge is 2.40. The predicted octanol–water partition coefficient (Wildman–Crippen LogP) is 3.77. The average Bonchev–Trinajstić information content (AvgIpc) is 3.26. The van der Waals surface area contributed by atoms with Crippen molar-refractivity contribution < 1.29 is 4.79 Å². The Morgan fingerprint density at radius 1 is 0.929 bits per heavy atom. The first kappa shape index (κ1) is 18.0. The number of carbonyl (C=O) groups excluding carboxylic acids is 1. The summed E-state index contributed by atoms with van der Waals surface area (Å²) in [6.45, 7) is 7.38. The Hall–Kier alpha value is -2.07. The first-order valence-corrected chi connectivity index (χ1v) is 10.9. The molecule has 3 fully saturated rings. The zero-order chi connectivity index (χ0) is 19.3. The largest absolute Gasteiger partial charge is 0.341 e. The van der Waals surface area contributed by atoms with Gasteiger partial charge in [0.2, 0.25) is 0 Å². The second kappa shape index (κ2) is 7.07. The smallest absolute Gasteiger partial charge is 0.270 e. The lowest BCUT2D eigenvalue weighted by Crippen LogP contribution is -2.48. The van der Waals surface area contributed by atoms with E-state index < -0.39 is 0 Å². The van der Waals surface area contributed by atoms with Crippen molar-refractivity contribution in [1.82, 2.24) is 14.4 Å². The standard InChI is InChI=1S/C24H31N3O/c1-17(2)26-11-5-8-23(26)24(28)27-15-18-9-10-21(27)16-25(14-18)22-12-19-6-3-4-7-20(19)13-22/h3-8,11,17-18,21-22H,9-10,12-16H2,1-2H3/t18-,21+/m0/s1. The van der Waals surface area contributed by atoms with Crippen molar-refractivity contribution in [2.45, 2.75) is 57.7 Å². The van der Waals surface area contributed by atoms with Crippen LogP contribution in [0.25, 0.3) is 0 Å². The van der Waals surface area contributed by atoms with Gasteiger partial charge in [-0.2, -0.15) is 0 Å². The van der Waals surface area contributed by atoms with Gasteiger partial charge in [0, 0.05) is 44.0 Å². The van der Waals surface area contributed by atoms with Crippen LogP contribution in [0.5, 0.6) is 0 Å². The molecular formula is C24H31N3O. The molecule has 2 bridgehead atoms. The fraction of sp³-hybridized carbons (Fsp3) is 0.542. The van der Waals surface area contributed by atoms with Gasteiger partial charge in [-0.15, -0.1) is 0 Å². The maximum Gasteiger partial charge on any atom is 0.270 e. The highest BCUT2D eigenvalue weighted by Crippen LogP contribution is 2.33. The number of carbonyl (C=O) groups is 1. The van der Waals surface area contributed by atoms with E-state index in [9.17, 15) is 4.79 Å². The molecule has 1 aromatic heterocycles. The van der Waals surface area contributed by atoms with E-state index in [1.54, 1.807) is 0 Å². The maximum absolute atomic E-state index is 13.4. The van der Waals surface area contributed by atoms with Gasteiger partial charge in [-0.3, -0.25) is 9.69 Å². The molecule has 4 aliphatic rings. The highest BCUT2D eigenvalue weighted by atomic mass is 16.2. The molecule has 4 nitrogen and oxygen atoms in total. The lowest BCUT2D eigenvalue weighted by atomic mass is 9.94. The van der Waals surface area contributed by atoms with Crippen LogP contribution in [-0.2, 0) is 12.8 Å². The van der Waals surface area contributed by atoms with Crippen LogP contribution < -0.4 is 0 Å². The zero-order valence-corrected chi connectivity index (χ0v) is 17.1. The molecule has 2 atom stereocenters.